The summed E-state index contributed by atoms with van der Waals surface area (Å²) in [7, 11) is -8.37. The minimum absolute atomic E-state index is 0.135. The number of hydrogen-bond donors (Lipinski definition) is 2. The van der Waals surface area contributed by atoms with E-state index >= 15 is 0 Å². The van der Waals surface area contributed by atoms with E-state index in [0.29, 0.717) is 0 Å². The molecule has 0 radical (unpaired) electrons. The van der Waals surface area contributed by atoms with Crippen LogP contribution in [-0.4, -0.2) is 64.2 Å². The van der Waals surface area contributed by atoms with Crippen LogP contribution in [-0.2, 0) is 39.0 Å². The Kier molecular flexibility index (Phi) is 13.5. The average Bonchev–Trinajstić information content (AvgIpc) is 2.44. The molecule has 0 aromatic carbocycles. The van der Waals surface area contributed by atoms with Crippen LogP contribution < -0.4 is 9.62 Å². The largest absolute Gasteiger partial charge is 0.731 e. The van der Waals surface area contributed by atoms with Crippen molar-refractivity contribution in [3.8, 4) is 0 Å². The van der Waals surface area contributed by atoms with Crippen molar-refractivity contribution < 1.29 is 44.9 Å². The van der Waals surface area contributed by atoms with E-state index in [0.717, 1.165) is 11.6 Å². The lowest BCUT2D eigenvalue weighted by molar-refractivity contribution is -0.894. The van der Waals surface area contributed by atoms with Crippen molar-refractivity contribution in [1.82, 2.24) is 4.72 Å². The molecular formula is C15H28N2O9S2. The molecule has 0 aromatic heterocycles. The van der Waals surface area contributed by atoms with Gasteiger partial charge in [-0.2, -0.15) is 8.42 Å². The Hall–Kier alpha value is -1.83. The Morgan fingerprint density at radius 2 is 1.68 bits per heavy atom. The molecule has 1 rings (SSSR count). The first-order chi connectivity index (χ1) is 12.7. The molecule has 0 bridgehead atoms. The lowest BCUT2D eigenvalue weighted by atomic mass is 10.3. The Morgan fingerprint density at radius 1 is 1.21 bits per heavy atom. The molecule has 0 saturated heterocycles. The van der Waals surface area contributed by atoms with Gasteiger partial charge in [0.25, 0.3) is 0 Å². The SMILES string of the molecule is CC(=O)CC(=O)NS(=O)(=O)[O-].CC1=CC(=O)CS(=O)(=O)O1.CC[NH+](CC)CC. The fourth-order valence-corrected chi connectivity index (χ4v) is 3.14. The third-order valence-electron chi connectivity index (χ3n) is 3.09. The molecule has 0 atom stereocenters. The first-order valence-electron chi connectivity index (χ1n) is 8.38. The highest BCUT2D eigenvalue weighted by Crippen LogP contribution is 2.09. The van der Waals surface area contributed by atoms with Gasteiger partial charge in [-0.3, -0.25) is 19.1 Å². The van der Waals surface area contributed by atoms with Crippen molar-refractivity contribution in [3.63, 3.8) is 0 Å². The monoisotopic (exact) mass is 444 g/mol. The lowest BCUT2D eigenvalue weighted by Crippen LogP contribution is -3.11. The quantitative estimate of drug-likeness (QED) is 0.275. The average molecular weight is 445 g/mol. The number of allylic oxidation sites excluding steroid dienone is 2. The van der Waals surface area contributed by atoms with Gasteiger partial charge >= 0.3 is 10.1 Å². The topological polar surface area (TPSA) is 168 Å². The molecular weight excluding hydrogens is 416 g/mol. The van der Waals surface area contributed by atoms with Gasteiger partial charge in [-0.15, -0.1) is 0 Å². The summed E-state index contributed by atoms with van der Waals surface area (Å²) in [6.07, 6.45) is 0.572. The fourth-order valence-electron chi connectivity index (χ4n) is 1.85. The molecule has 11 nitrogen and oxygen atoms in total. The van der Waals surface area contributed by atoms with Crippen LogP contribution in [0.15, 0.2) is 11.8 Å². The van der Waals surface area contributed by atoms with Crippen molar-refractivity contribution in [2.75, 3.05) is 25.4 Å². The second-order valence-electron chi connectivity index (χ2n) is 5.68. The van der Waals surface area contributed by atoms with Gasteiger partial charge in [-0.05, 0) is 34.6 Å². The van der Waals surface area contributed by atoms with Gasteiger partial charge in [0.2, 0.25) is 5.91 Å². The summed E-state index contributed by atoms with van der Waals surface area (Å²) in [5, 5.41) is 0. The molecule has 0 aromatic rings. The van der Waals surface area contributed by atoms with Crippen molar-refractivity contribution in [2.24, 2.45) is 0 Å². The summed E-state index contributed by atoms with van der Waals surface area (Å²) >= 11 is 0. The van der Waals surface area contributed by atoms with E-state index in [9.17, 15) is 35.8 Å². The zero-order valence-electron chi connectivity index (χ0n) is 16.6. The third kappa shape index (κ3) is 17.6. The maximum absolute atomic E-state index is 10.6. The van der Waals surface area contributed by atoms with E-state index < -0.39 is 50.1 Å². The number of carbonyl (C=O) groups excluding carboxylic acids is 3. The number of nitrogens with one attached hydrogen (secondary N) is 2. The molecule has 1 aliphatic rings. The standard InChI is InChI=1S/C6H15N.C5H6O4S.C4H7NO5S/c1-4-7(5-2)6-3;1-4-2-5(6)3-10(7,8)9-4;1-3(6)2-4(7)5-11(8,9)10/h4-6H2,1-3H3;2H,3H2,1H3;2H2,1H3,(H,5,7)(H,8,9,10). The molecule has 1 aliphatic heterocycles. The third-order valence-corrected chi connectivity index (χ3v) is 4.72. The maximum Gasteiger partial charge on any atom is 0.316 e. The number of carbonyl (C=O) groups is 3. The highest BCUT2D eigenvalue weighted by atomic mass is 32.2. The van der Waals surface area contributed by atoms with Gasteiger partial charge in [0.1, 0.15) is 17.3 Å². The van der Waals surface area contributed by atoms with Crippen molar-refractivity contribution >= 4 is 37.9 Å². The number of hydrogen-bond acceptors (Lipinski definition) is 9. The molecule has 0 spiro atoms. The summed E-state index contributed by atoms with van der Waals surface area (Å²) in [5.74, 6) is -2.44. The summed E-state index contributed by atoms with van der Waals surface area (Å²) in [5.41, 5.74) is 0. The van der Waals surface area contributed by atoms with Crippen LogP contribution in [0.3, 0.4) is 0 Å². The van der Waals surface area contributed by atoms with Crippen LogP contribution in [0, 0.1) is 0 Å². The smallest absolute Gasteiger partial charge is 0.316 e. The van der Waals surface area contributed by atoms with E-state index in [4.69, 9.17) is 0 Å². The van der Waals surface area contributed by atoms with Gasteiger partial charge < -0.3 is 13.6 Å². The molecule has 164 valence electrons. The lowest BCUT2D eigenvalue weighted by Gasteiger charge is -2.10. The highest BCUT2D eigenvalue weighted by Gasteiger charge is 2.22. The van der Waals surface area contributed by atoms with Crippen molar-refractivity contribution in [1.29, 1.82) is 0 Å². The minimum atomic E-state index is -4.77. The van der Waals surface area contributed by atoms with Crippen LogP contribution in [0.25, 0.3) is 0 Å². The van der Waals surface area contributed by atoms with E-state index in [1.54, 1.807) is 4.90 Å². The predicted molar refractivity (Wildman–Crippen MR) is 99.4 cm³/mol. The maximum atomic E-state index is 10.6. The zero-order valence-corrected chi connectivity index (χ0v) is 18.2. The van der Waals surface area contributed by atoms with Crippen LogP contribution >= 0.6 is 0 Å². The second kappa shape index (κ2) is 13.4. The van der Waals surface area contributed by atoms with Gasteiger partial charge in [0.05, 0.1) is 26.1 Å². The molecule has 13 heteroatoms. The first-order valence-corrected chi connectivity index (χ1v) is 11.4. The molecule has 0 fully saturated rings. The molecule has 0 saturated carbocycles. The molecule has 2 N–H and O–H groups in total. The fraction of sp³-hybridized carbons (Fsp3) is 0.667. The van der Waals surface area contributed by atoms with Gasteiger partial charge in [0, 0.05) is 6.08 Å². The predicted octanol–water partition coefficient (Wildman–Crippen LogP) is -1.71. The van der Waals surface area contributed by atoms with E-state index in [-0.39, 0.29) is 5.76 Å². The van der Waals surface area contributed by atoms with Crippen LogP contribution in [0.5, 0.6) is 0 Å². The first kappa shape index (κ1) is 28.4. The Labute approximate surface area is 166 Å². The van der Waals surface area contributed by atoms with E-state index in [1.807, 2.05) is 0 Å². The van der Waals surface area contributed by atoms with Gasteiger partial charge in [-0.25, -0.2) is 8.42 Å². The van der Waals surface area contributed by atoms with Crippen LogP contribution in [0.4, 0.5) is 0 Å². The highest BCUT2D eigenvalue weighted by molar-refractivity contribution is 7.87. The Morgan fingerprint density at radius 3 is 1.93 bits per heavy atom. The van der Waals surface area contributed by atoms with Crippen LogP contribution in [0.1, 0.15) is 41.0 Å². The normalized spacial score (nSPS) is 15.1. The molecule has 0 unspecified atom stereocenters. The van der Waals surface area contributed by atoms with Gasteiger partial charge in [-0.1, -0.05) is 0 Å². The number of quaternary nitrogens is 1. The van der Waals surface area contributed by atoms with Crippen molar-refractivity contribution in [2.45, 2.75) is 41.0 Å². The Bertz CT molecular complexity index is 762. The molecule has 1 amide bonds. The number of amides is 1. The number of Topliss-reactive ketones (excluding diaryl/α,β-unsaturated/α-hetero) is 1. The number of ketones is 2. The summed E-state index contributed by atoms with van der Waals surface area (Å²) in [4.78, 5) is 32.8. The minimum Gasteiger partial charge on any atom is -0.731 e. The zero-order chi connectivity index (χ0) is 22.5. The van der Waals surface area contributed by atoms with Gasteiger partial charge in [0.15, 0.2) is 16.1 Å². The number of rotatable bonds is 6. The Balaban J connectivity index is 0. The summed E-state index contributed by atoms with van der Waals surface area (Å²) in [6.45, 7) is 13.0. The van der Waals surface area contributed by atoms with Crippen LogP contribution in [0.2, 0.25) is 0 Å². The van der Waals surface area contributed by atoms with Crippen molar-refractivity contribution in [3.05, 3.63) is 11.8 Å². The second-order valence-corrected chi connectivity index (χ2v) is 8.36. The summed E-state index contributed by atoms with van der Waals surface area (Å²) < 4.78 is 56.1. The summed E-state index contributed by atoms with van der Waals surface area (Å²) in [6, 6.07) is 0. The molecule has 0 aliphatic carbocycles. The van der Waals surface area contributed by atoms with E-state index in [2.05, 4.69) is 25.0 Å². The molecule has 28 heavy (non-hydrogen) atoms. The molecule has 1 heterocycles. The van der Waals surface area contributed by atoms with E-state index in [1.165, 1.54) is 32.6 Å².